The Morgan fingerprint density at radius 2 is 1.95 bits per heavy atom. The summed E-state index contributed by atoms with van der Waals surface area (Å²) in [5, 5.41) is 13.0. The highest BCUT2D eigenvalue weighted by atomic mass is 16.4. The largest absolute Gasteiger partial charge is 0.481 e. The summed E-state index contributed by atoms with van der Waals surface area (Å²) in [5.41, 5.74) is 3.09. The summed E-state index contributed by atoms with van der Waals surface area (Å²) in [6.07, 6.45) is 2.44. The van der Waals surface area contributed by atoms with Crippen molar-refractivity contribution in [1.82, 2.24) is 9.78 Å². The van der Waals surface area contributed by atoms with Crippen molar-refractivity contribution in [3.05, 3.63) is 47.8 Å². The fraction of sp³-hybridized carbons (Fsp3) is 0.333. The third-order valence-electron chi connectivity index (χ3n) is 3.06. The predicted octanol–water partition coefficient (Wildman–Crippen LogP) is 3.01. The minimum absolute atomic E-state index is 0.114. The Labute approximate surface area is 112 Å². The first-order chi connectivity index (χ1) is 9.06. The molecule has 0 radical (unpaired) electrons. The second-order valence-electron chi connectivity index (χ2n) is 4.89. The molecule has 0 saturated heterocycles. The summed E-state index contributed by atoms with van der Waals surface area (Å²) in [6.45, 7) is 4.32. The van der Waals surface area contributed by atoms with E-state index in [9.17, 15) is 4.79 Å². The zero-order valence-corrected chi connectivity index (χ0v) is 11.2. The number of carbonyl (C=O) groups is 1. The van der Waals surface area contributed by atoms with Gasteiger partial charge in [0, 0.05) is 12.6 Å². The highest BCUT2D eigenvalue weighted by Crippen LogP contribution is 2.16. The lowest BCUT2D eigenvalue weighted by atomic mass is 10.0. The molecule has 2 aromatic rings. The summed E-state index contributed by atoms with van der Waals surface area (Å²) in [7, 11) is 0. The van der Waals surface area contributed by atoms with E-state index in [0.29, 0.717) is 12.3 Å². The molecule has 19 heavy (non-hydrogen) atoms. The second-order valence-corrected chi connectivity index (χ2v) is 4.89. The molecule has 0 bridgehead atoms. The first-order valence-electron chi connectivity index (χ1n) is 6.43. The lowest BCUT2D eigenvalue weighted by Crippen LogP contribution is -2.00. The molecule has 0 fully saturated rings. The normalized spacial score (nSPS) is 10.9. The van der Waals surface area contributed by atoms with Gasteiger partial charge in [0.05, 0.1) is 17.8 Å². The van der Waals surface area contributed by atoms with E-state index < -0.39 is 5.97 Å². The summed E-state index contributed by atoms with van der Waals surface area (Å²) in [6, 6.07) is 10.1. The lowest BCUT2D eigenvalue weighted by molar-refractivity contribution is -0.136. The van der Waals surface area contributed by atoms with Gasteiger partial charge in [-0.15, -0.1) is 0 Å². The van der Waals surface area contributed by atoms with E-state index in [0.717, 1.165) is 11.4 Å². The van der Waals surface area contributed by atoms with Gasteiger partial charge in [0.25, 0.3) is 0 Å². The Balaban J connectivity index is 2.11. The molecular formula is C15H18N2O2. The smallest absolute Gasteiger partial charge is 0.303 e. The number of aromatic nitrogens is 2. The van der Waals surface area contributed by atoms with Gasteiger partial charge in [-0.1, -0.05) is 26.0 Å². The lowest BCUT2D eigenvalue weighted by Gasteiger charge is -2.06. The van der Waals surface area contributed by atoms with Crippen molar-refractivity contribution in [2.75, 3.05) is 0 Å². The molecule has 1 aromatic carbocycles. The maximum atomic E-state index is 10.5. The fourth-order valence-electron chi connectivity index (χ4n) is 1.89. The average molecular weight is 258 g/mol. The molecule has 1 N–H and O–H groups in total. The van der Waals surface area contributed by atoms with Crippen molar-refractivity contribution >= 4 is 5.97 Å². The molecule has 0 aliphatic heterocycles. The van der Waals surface area contributed by atoms with Gasteiger partial charge in [-0.2, -0.15) is 5.10 Å². The number of hydrogen-bond donors (Lipinski definition) is 1. The number of carboxylic acid groups (broad SMARTS) is 1. The van der Waals surface area contributed by atoms with Gasteiger partial charge in [0.2, 0.25) is 0 Å². The number of aliphatic carboxylic acids is 1. The molecule has 0 unspecified atom stereocenters. The van der Waals surface area contributed by atoms with Crippen LogP contribution in [0.25, 0.3) is 5.69 Å². The third-order valence-corrected chi connectivity index (χ3v) is 3.06. The third kappa shape index (κ3) is 3.44. The molecule has 2 rings (SSSR count). The van der Waals surface area contributed by atoms with Gasteiger partial charge in [0.1, 0.15) is 0 Å². The van der Waals surface area contributed by atoms with Crippen LogP contribution in [0, 0.1) is 0 Å². The van der Waals surface area contributed by atoms with Gasteiger partial charge < -0.3 is 5.11 Å². The van der Waals surface area contributed by atoms with E-state index in [-0.39, 0.29) is 6.42 Å². The molecule has 0 aliphatic carbocycles. The van der Waals surface area contributed by atoms with Crippen LogP contribution in [0.5, 0.6) is 0 Å². The van der Waals surface area contributed by atoms with Crippen molar-refractivity contribution in [2.45, 2.75) is 32.6 Å². The van der Waals surface area contributed by atoms with Crippen LogP contribution < -0.4 is 0 Å². The van der Waals surface area contributed by atoms with Crippen molar-refractivity contribution in [1.29, 1.82) is 0 Å². The van der Waals surface area contributed by atoms with E-state index in [1.807, 2.05) is 24.4 Å². The summed E-state index contributed by atoms with van der Waals surface area (Å²) in [4.78, 5) is 10.5. The summed E-state index contributed by atoms with van der Waals surface area (Å²) >= 11 is 0. The van der Waals surface area contributed by atoms with Crippen LogP contribution in [0.3, 0.4) is 0 Å². The Morgan fingerprint density at radius 3 is 2.53 bits per heavy atom. The van der Waals surface area contributed by atoms with Gasteiger partial charge in [-0.05, 0) is 29.7 Å². The summed E-state index contributed by atoms with van der Waals surface area (Å²) < 4.78 is 1.78. The monoisotopic (exact) mass is 258 g/mol. The Hall–Kier alpha value is -2.10. The molecule has 4 heteroatoms. The average Bonchev–Trinajstić information content (AvgIpc) is 2.85. The Morgan fingerprint density at radius 1 is 1.26 bits per heavy atom. The Bertz CT molecular complexity index is 556. The van der Waals surface area contributed by atoms with Crippen LogP contribution in [-0.2, 0) is 11.2 Å². The molecule has 100 valence electrons. The minimum atomic E-state index is -0.796. The van der Waals surface area contributed by atoms with Crippen molar-refractivity contribution in [3.63, 3.8) is 0 Å². The standard InChI is InChI=1S/C15H18N2O2/c1-11(2)12-3-6-14(7-4-12)17-10-9-13(16-17)5-8-15(18)19/h3-4,6-7,9-11H,5,8H2,1-2H3,(H,18,19). The molecule has 0 amide bonds. The zero-order chi connectivity index (χ0) is 13.8. The van der Waals surface area contributed by atoms with Crippen molar-refractivity contribution in [2.24, 2.45) is 0 Å². The van der Waals surface area contributed by atoms with E-state index in [4.69, 9.17) is 5.11 Å². The Kier molecular flexibility index (Phi) is 4.00. The minimum Gasteiger partial charge on any atom is -0.481 e. The fourth-order valence-corrected chi connectivity index (χ4v) is 1.89. The van der Waals surface area contributed by atoms with E-state index in [1.54, 1.807) is 4.68 Å². The number of nitrogens with zero attached hydrogens (tertiary/aromatic N) is 2. The quantitative estimate of drug-likeness (QED) is 0.896. The topological polar surface area (TPSA) is 55.1 Å². The van der Waals surface area contributed by atoms with Crippen LogP contribution in [0.4, 0.5) is 0 Å². The van der Waals surface area contributed by atoms with E-state index in [2.05, 4.69) is 31.1 Å². The number of aryl methyl sites for hydroxylation is 1. The molecule has 1 aromatic heterocycles. The molecule has 0 saturated carbocycles. The SMILES string of the molecule is CC(C)c1ccc(-n2ccc(CCC(=O)O)n2)cc1. The van der Waals surface area contributed by atoms with Gasteiger partial charge in [-0.25, -0.2) is 4.68 Å². The van der Waals surface area contributed by atoms with Gasteiger partial charge in [0.15, 0.2) is 0 Å². The first kappa shape index (κ1) is 13.3. The number of hydrogen-bond acceptors (Lipinski definition) is 2. The number of benzene rings is 1. The zero-order valence-electron chi connectivity index (χ0n) is 11.2. The van der Waals surface area contributed by atoms with Crippen LogP contribution in [-0.4, -0.2) is 20.9 Å². The molecule has 1 heterocycles. The van der Waals surface area contributed by atoms with E-state index >= 15 is 0 Å². The molecule has 0 atom stereocenters. The number of rotatable bonds is 5. The molecule has 0 spiro atoms. The van der Waals surface area contributed by atoms with Gasteiger partial charge >= 0.3 is 5.97 Å². The molecule has 4 nitrogen and oxygen atoms in total. The molecule has 0 aliphatic rings. The van der Waals surface area contributed by atoms with Crippen LogP contribution in [0.2, 0.25) is 0 Å². The van der Waals surface area contributed by atoms with Crippen molar-refractivity contribution in [3.8, 4) is 5.69 Å². The second kappa shape index (κ2) is 5.69. The predicted molar refractivity (Wildman–Crippen MR) is 73.6 cm³/mol. The van der Waals surface area contributed by atoms with Gasteiger partial charge in [-0.3, -0.25) is 4.79 Å². The van der Waals surface area contributed by atoms with Crippen molar-refractivity contribution < 1.29 is 9.90 Å². The summed E-state index contributed by atoms with van der Waals surface area (Å²) in [5.74, 6) is -0.284. The maximum Gasteiger partial charge on any atom is 0.303 e. The van der Waals surface area contributed by atoms with Crippen LogP contribution in [0.1, 0.15) is 37.4 Å². The molecular weight excluding hydrogens is 240 g/mol. The first-order valence-corrected chi connectivity index (χ1v) is 6.43. The van der Waals surface area contributed by atoms with Crippen LogP contribution >= 0.6 is 0 Å². The van der Waals surface area contributed by atoms with E-state index in [1.165, 1.54) is 5.56 Å². The maximum absolute atomic E-state index is 10.5. The highest BCUT2D eigenvalue weighted by molar-refractivity contribution is 5.66. The highest BCUT2D eigenvalue weighted by Gasteiger charge is 2.05. The van der Waals surface area contributed by atoms with Crippen LogP contribution in [0.15, 0.2) is 36.5 Å². The number of carboxylic acids is 1.